The van der Waals surface area contributed by atoms with E-state index in [4.69, 9.17) is 10.5 Å². The van der Waals surface area contributed by atoms with Gasteiger partial charge in [0, 0.05) is 58.9 Å². The van der Waals surface area contributed by atoms with Crippen molar-refractivity contribution in [2.45, 2.75) is 49.0 Å². The molecule has 340 valence electrons. The zero-order chi connectivity index (χ0) is 44.9. The number of nitrogens with one attached hydrogen (secondary N) is 3. The Bertz CT molecular complexity index is 3250. The molecule has 20 heteroatoms. The minimum Gasteiger partial charge on any atom is -0.444 e. The third-order valence-corrected chi connectivity index (χ3v) is 12.9. The van der Waals surface area contributed by atoms with Crippen LogP contribution in [0.3, 0.4) is 0 Å². The summed E-state index contributed by atoms with van der Waals surface area (Å²) in [6.07, 6.45) is 2.56. The average Bonchev–Trinajstić information content (AvgIpc) is 3.88. The fourth-order valence-corrected chi connectivity index (χ4v) is 9.71. The minimum atomic E-state index is -4.00. The van der Waals surface area contributed by atoms with Crippen LogP contribution in [0.1, 0.15) is 33.6 Å². The van der Waals surface area contributed by atoms with Gasteiger partial charge in [0.15, 0.2) is 0 Å². The molecule has 0 unspecified atom stereocenters. The van der Waals surface area contributed by atoms with E-state index in [9.17, 15) is 31.2 Å². The molecule has 0 aliphatic carbocycles. The van der Waals surface area contributed by atoms with Crippen LogP contribution in [0.25, 0.3) is 43.4 Å². The van der Waals surface area contributed by atoms with E-state index in [-0.39, 0.29) is 72.4 Å². The maximum Gasteiger partial charge on any atom is 0.407 e. The number of fused-ring (bicyclic) bond motifs is 4. The first kappa shape index (κ1) is 49.4. The van der Waals surface area contributed by atoms with E-state index in [1.807, 2.05) is 36.4 Å². The second kappa shape index (κ2) is 20.5. The molecule has 2 aromatic heterocycles. The minimum absolute atomic E-state index is 0. The van der Waals surface area contributed by atoms with Gasteiger partial charge in [-0.25, -0.2) is 4.79 Å². The van der Waals surface area contributed by atoms with E-state index < -0.39 is 31.7 Å². The first-order valence-electron chi connectivity index (χ1n) is 19.7. The van der Waals surface area contributed by atoms with Gasteiger partial charge in [0.25, 0.3) is 20.0 Å². The number of benzene rings is 6. The molecule has 0 atom stereocenters. The molecule has 2 heterocycles. The van der Waals surface area contributed by atoms with Gasteiger partial charge in [-0.3, -0.25) is 9.59 Å². The summed E-state index contributed by atoms with van der Waals surface area (Å²) in [5, 5.41) is 20.3. The molecule has 0 aliphatic rings. The number of carbonyl (C=O) groups is 3. The SMILES string of the molecule is CC(C)(C)OC(=O)NCCC(=O)Nc1ccc2cnn(S(=O)(=O)c3cccc4ccccc34)c2c1.Cl.Cl.NCCC(=O)Nc1ccc2cnn(S(=O)(=O)c3cccc4ccccc34)c2c1. The van der Waals surface area contributed by atoms with Crippen LogP contribution in [0.4, 0.5) is 16.2 Å². The third-order valence-electron chi connectivity index (χ3n) is 9.55. The summed E-state index contributed by atoms with van der Waals surface area (Å²) in [5.74, 6) is -0.576. The number of anilines is 2. The van der Waals surface area contributed by atoms with Crippen LogP contribution in [0.2, 0.25) is 0 Å². The lowest BCUT2D eigenvalue weighted by Gasteiger charge is -2.19. The van der Waals surface area contributed by atoms with Gasteiger partial charge in [0.05, 0.1) is 33.2 Å². The van der Waals surface area contributed by atoms with Gasteiger partial charge < -0.3 is 26.4 Å². The zero-order valence-electron chi connectivity index (χ0n) is 35.3. The van der Waals surface area contributed by atoms with Crippen molar-refractivity contribution in [1.82, 2.24) is 23.7 Å². The highest BCUT2D eigenvalue weighted by Gasteiger charge is 2.25. The molecule has 0 bridgehead atoms. The Morgan fingerprint density at radius 1 is 0.600 bits per heavy atom. The Morgan fingerprint density at radius 3 is 1.48 bits per heavy atom. The summed E-state index contributed by atoms with van der Waals surface area (Å²) in [4.78, 5) is 36.2. The first-order chi connectivity index (χ1) is 30.0. The highest BCUT2D eigenvalue weighted by molar-refractivity contribution is 7.90. The van der Waals surface area contributed by atoms with Crippen molar-refractivity contribution < 1.29 is 36.0 Å². The van der Waals surface area contributed by atoms with Gasteiger partial charge in [0.1, 0.15) is 5.60 Å². The second-order valence-corrected chi connectivity index (χ2v) is 18.8. The standard InChI is InChI=1S/C25H26N4O5S.C20H18N4O3S.2ClH/c1-25(2,3)34-24(31)26-14-13-23(30)28-19-12-11-18-16-27-29(21(18)15-19)35(32,33)22-10-6-8-17-7-4-5-9-20(17)22;21-11-10-20(25)23-16-9-8-15-13-22-24(18(15)12-16)28(26,27)19-7-3-5-14-4-1-2-6-17(14)19;;/h4-12,15-16H,13-14H2,1-3H3,(H,26,31)(H,28,30);1-9,12-13H,10-11,21H2,(H,23,25);2*1H. The van der Waals surface area contributed by atoms with Gasteiger partial charge in [0.2, 0.25) is 11.8 Å². The second-order valence-electron chi connectivity index (χ2n) is 15.3. The van der Waals surface area contributed by atoms with Crippen LogP contribution in [0, 0.1) is 0 Å². The third kappa shape index (κ3) is 11.2. The van der Waals surface area contributed by atoms with Crippen LogP contribution in [-0.4, -0.2) is 71.8 Å². The number of ether oxygens (including phenoxy) is 1. The monoisotopic (exact) mass is 960 g/mol. The topological polar surface area (TPSA) is 226 Å². The predicted molar refractivity (Wildman–Crippen MR) is 257 cm³/mol. The summed E-state index contributed by atoms with van der Waals surface area (Å²) in [5.41, 5.74) is 6.39. The normalized spacial score (nSPS) is 11.5. The number of aromatic nitrogens is 4. The lowest BCUT2D eigenvalue weighted by Crippen LogP contribution is -2.34. The Kier molecular flexibility index (Phi) is 15.6. The van der Waals surface area contributed by atoms with E-state index in [0.29, 0.717) is 44.0 Å². The molecule has 65 heavy (non-hydrogen) atoms. The van der Waals surface area contributed by atoms with Crippen LogP contribution in [0.5, 0.6) is 0 Å². The summed E-state index contributed by atoms with van der Waals surface area (Å²) >= 11 is 0. The number of alkyl carbamates (subject to hydrolysis) is 1. The molecule has 8 rings (SSSR count). The summed E-state index contributed by atoms with van der Waals surface area (Å²) in [6, 6.07) is 34.7. The maximum atomic E-state index is 13.5. The largest absolute Gasteiger partial charge is 0.444 e. The molecule has 16 nitrogen and oxygen atoms in total. The van der Waals surface area contributed by atoms with Crippen molar-refractivity contribution in [3.8, 4) is 0 Å². The smallest absolute Gasteiger partial charge is 0.407 e. The van der Waals surface area contributed by atoms with E-state index in [1.165, 1.54) is 12.4 Å². The zero-order valence-corrected chi connectivity index (χ0v) is 38.6. The summed E-state index contributed by atoms with van der Waals surface area (Å²) in [6.45, 7) is 5.58. The highest BCUT2D eigenvalue weighted by atomic mass is 35.5. The number of nitrogens with two attached hydrogens (primary N) is 1. The predicted octanol–water partition coefficient (Wildman–Crippen LogP) is 7.84. The Labute approximate surface area is 387 Å². The highest BCUT2D eigenvalue weighted by Crippen LogP contribution is 2.30. The van der Waals surface area contributed by atoms with E-state index in [0.717, 1.165) is 18.9 Å². The van der Waals surface area contributed by atoms with Crippen molar-refractivity contribution in [3.05, 3.63) is 134 Å². The molecule has 0 saturated heterocycles. The number of rotatable bonds is 11. The Balaban J connectivity index is 0.000000242. The van der Waals surface area contributed by atoms with Gasteiger partial charge in [-0.2, -0.15) is 35.2 Å². The molecule has 0 spiro atoms. The molecule has 3 amide bonds. The molecule has 0 saturated carbocycles. The van der Waals surface area contributed by atoms with Crippen LogP contribution >= 0.6 is 24.8 Å². The van der Waals surface area contributed by atoms with Crippen LogP contribution in [-0.2, 0) is 34.4 Å². The van der Waals surface area contributed by atoms with Crippen molar-refractivity contribution >= 4 is 117 Å². The molecule has 0 aliphatic heterocycles. The number of hydrogen-bond donors (Lipinski definition) is 4. The van der Waals surface area contributed by atoms with Gasteiger partial charge in [-0.15, -0.1) is 24.8 Å². The molecule has 5 N–H and O–H groups in total. The summed E-state index contributed by atoms with van der Waals surface area (Å²) < 4.78 is 60.9. The molecule has 8 aromatic rings. The Morgan fingerprint density at radius 2 is 1.03 bits per heavy atom. The molecule has 0 fully saturated rings. The number of hydrogen-bond acceptors (Lipinski definition) is 11. The van der Waals surface area contributed by atoms with Gasteiger partial charge >= 0.3 is 6.09 Å². The van der Waals surface area contributed by atoms with E-state index in [2.05, 4.69) is 26.1 Å². The molecule has 0 radical (unpaired) electrons. The lowest BCUT2D eigenvalue weighted by molar-refractivity contribution is -0.116. The van der Waals surface area contributed by atoms with E-state index in [1.54, 1.807) is 106 Å². The fraction of sp³-hybridized carbons (Fsp3) is 0.178. The number of carbonyl (C=O) groups excluding carboxylic acids is 3. The van der Waals surface area contributed by atoms with Gasteiger partial charge in [-0.05, 0) is 80.1 Å². The van der Waals surface area contributed by atoms with Gasteiger partial charge in [-0.1, -0.05) is 72.8 Å². The number of nitrogens with zero attached hydrogens (tertiary/aromatic N) is 4. The van der Waals surface area contributed by atoms with Crippen molar-refractivity contribution in [2.24, 2.45) is 5.73 Å². The van der Waals surface area contributed by atoms with E-state index >= 15 is 0 Å². The molecular formula is C45H46Cl2N8O8S2. The Hall–Kier alpha value is -6.57. The molecular weight excluding hydrogens is 916 g/mol. The number of amides is 3. The van der Waals surface area contributed by atoms with Crippen LogP contribution in [0.15, 0.2) is 144 Å². The summed E-state index contributed by atoms with van der Waals surface area (Å²) in [7, 11) is -7.93. The number of halogens is 2. The molecule has 6 aromatic carbocycles. The first-order valence-corrected chi connectivity index (χ1v) is 22.6. The average molecular weight is 962 g/mol. The van der Waals surface area contributed by atoms with Crippen molar-refractivity contribution in [1.29, 1.82) is 0 Å². The van der Waals surface area contributed by atoms with Crippen molar-refractivity contribution in [2.75, 3.05) is 23.7 Å². The lowest BCUT2D eigenvalue weighted by atomic mass is 10.1. The fourth-order valence-electron chi connectivity index (χ4n) is 6.73. The van der Waals surface area contributed by atoms with Crippen LogP contribution < -0.4 is 21.7 Å². The van der Waals surface area contributed by atoms with Crippen molar-refractivity contribution in [3.63, 3.8) is 0 Å². The quantitative estimate of drug-likeness (QED) is 0.0977. The maximum absolute atomic E-state index is 13.5.